The third kappa shape index (κ3) is 18.5. The molecule has 3 rings (SSSR count). The number of fused-ring (bicyclic) bond motifs is 1. The van der Waals surface area contributed by atoms with Crippen molar-refractivity contribution in [3.05, 3.63) is 48.0 Å². The zero-order valence-corrected chi connectivity index (χ0v) is 32.2. The summed E-state index contributed by atoms with van der Waals surface area (Å²) in [5.74, 6) is -3.56. The minimum atomic E-state index is -1.04. The second kappa shape index (κ2) is 24.0. The second-order valence-corrected chi connectivity index (χ2v) is 14.6. The lowest BCUT2D eigenvalue weighted by Gasteiger charge is -2.32. The van der Waals surface area contributed by atoms with Gasteiger partial charge in [-0.1, -0.05) is 69.2 Å². The molecule has 1 fully saturated rings. The fourth-order valence-electron chi connectivity index (χ4n) is 6.45. The van der Waals surface area contributed by atoms with Gasteiger partial charge in [0.1, 0.15) is 6.04 Å². The number of nitrogens with zero attached hydrogens (tertiary/aromatic N) is 4. The molecule has 0 spiro atoms. The topological polar surface area (TPSA) is 212 Å². The van der Waals surface area contributed by atoms with E-state index in [-0.39, 0.29) is 90.2 Å². The Bertz CT molecular complexity index is 1540. The second-order valence-electron chi connectivity index (χ2n) is 14.6. The predicted octanol–water partition coefficient (Wildman–Crippen LogP) is 0.791. The molecule has 6 N–H and O–H groups in total. The predicted molar refractivity (Wildman–Crippen MR) is 208 cm³/mol. The normalized spacial score (nSPS) is 16.1. The van der Waals surface area contributed by atoms with E-state index in [4.69, 9.17) is 0 Å². The molecule has 1 heterocycles. The summed E-state index contributed by atoms with van der Waals surface area (Å²) in [6.45, 7) is 6.21. The Morgan fingerprint density at radius 3 is 1.64 bits per heavy atom. The average molecular weight is 770 g/mol. The number of rotatable bonds is 20. The van der Waals surface area contributed by atoms with Crippen molar-refractivity contribution in [2.45, 2.75) is 52.0 Å². The number of benzene rings is 2. The van der Waals surface area contributed by atoms with Crippen LogP contribution in [0.2, 0.25) is 0 Å². The molecule has 2 aromatic rings. The third-order valence-electron chi connectivity index (χ3n) is 9.46. The van der Waals surface area contributed by atoms with Gasteiger partial charge in [0.05, 0.1) is 26.2 Å². The summed E-state index contributed by atoms with van der Waals surface area (Å²) in [7, 11) is 0. The van der Waals surface area contributed by atoms with Gasteiger partial charge in [-0.05, 0) is 28.7 Å². The lowest BCUT2D eigenvalue weighted by atomic mass is 10.0. The van der Waals surface area contributed by atoms with Crippen LogP contribution in [0.5, 0.6) is 0 Å². The molecular formula is C39H59N7O9. The van der Waals surface area contributed by atoms with E-state index >= 15 is 0 Å². The fourth-order valence-corrected chi connectivity index (χ4v) is 6.45. The highest BCUT2D eigenvalue weighted by molar-refractivity contribution is 5.89. The van der Waals surface area contributed by atoms with Gasteiger partial charge in [0.15, 0.2) is 0 Å². The van der Waals surface area contributed by atoms with Crippen LogP contribution in [0.25, 0.3) is 10.8 Å². The maximum atomic E-state index is 13.3. The van der Waals surface area contributed by atoms with Gasteiger partial charge in [0.2, 0.25) is 17.7 Å². The van der Waals surface area contributed by atoms with E-state index in [1.807, 2.05) is 42.5 Å². The summed E-state index contributed by atoms with van der Waals surface area (Å²) in [5, 5.41) is 39.0. The summed E-state index contributed by atoms with van der Waals surface area (Å²) in [4.78, 5) is 80.9. The standard InChI is InChI=1S/C39H59N7O9/c1-29(2)7-5-6-13-41-39(55)33(24-30-10-11-31-8-3-4-9-32(31)23-30)42-34(47)12-14-40-35(48)25-43-15-17-44(26-36(49)50)19-21-46(28-38(53)54)22-20-45(18-16-43)27-37(51)52/h3-4,8-11,23,29,33H,5-7,12-22,24-28H2,1-2H3,(H,40,48)(H,41,55)(H,42,47)(H,49,50)(H,51,52)(H,53,54)/t33-/m1/s1. The van der Waals surface area contributed by atoms with Gasteiger partial charge < -0.3 is 31.3 Å². The molecule has 1 atom stereocenters. The highest BCUT2D eigenvalue weighted by atomic mass is 16.4. The van der Waals surface area contributed by atoms with Crippen LogP contribution in [0.15, 0.2) is 42.5 Å². The van der Waals surface area contributed by atoms with Gasteiger partial charge in [-0.15, -0.1) is 0 Å². The van der Waals surface area contributed by atoms with E-state index in [2.05, 4.69) is 29.8 Å². The lowest BCUT2D eigenvalue weighted by molar-refractivity contribution is -0.140. The van der Waals surface area contributed by atoms with Crippen LogP contribution in [0.3, 0.4) is 0 Å². The van der Waals surface area contributed by atoms with E-state index in [1.165, 1.54) is 0 Å². The Balaban J connectivity index is 1.59. The minimum absolute atomic E-state index is 0.0215. The van der Waals surface area contributed by atoms with Gasteiger partial charge in [-0.25, -0.2) is 0 Å². The van der Waals surface area contributed by atoms with Crippen LogP contribution < -0.4 is 16.0 Å². The Kier molecular flexibility index (Phi) is 19.5. The molecule has 16 nitrogen and oxygen atoms in total. The van der Waals surface area contributed by atoms with Crippen LogP contribution in [-0.2, 0) is 35.2 Å². The monoisotopic (exact) mass is 769 g/mol. The summed E-state index contributed by atoms with van der Waals surface area (Å²) < 4.78 is 0. The van der Waals surface area contributed by atoms with E-state index < -0.39 is 29.9 Å². The number of carboxylic acid groups (broad SMARTS) is 3. The molecule has 0 aromatic heterocycles. The first-order valence-electron chi connectivity index (χ1n) is 19.1. The van der Waals surface area contributed by atoms with E-state index in [1.54, 1.807) is 19.6 Å². The maximum absolute atomic E-state index is 13.3. The smallest absolute Gasteiger partial charge is 0.317 e. The Labute approximate surface area is 323 Å². The van der Waals surface area contributed by atoms with Crippen LogP contribution >= 0.6 is 0 Å². The van der Waals surface area contributed by atoms with Crippen molar-refractivity contribution in [3.8, 4) is 0 Å². The van der Waals surface area contributed by atoms with E-state index in [0.717, 1.165) is 35.6 Å². The number of nitrogens with one attached hydrogen (secondary N) is 3. The molecule has 16 heteroatoms. The van der Waals surface area contributed by atoms with Gasteiger partial charge in [-0.3, -0.25) is 48.4 Å². The Morgan fingerprint density at radius 2 is 1.13 bits per heavy atom. The molecule has 0 unspecified atom stereocenters. The fraction of sp³-hybridized carbons (Fsp3) is 0.590. The summed E-state index contributed by atoms with van der Waals surface area (Å²) in [5.41, 5.74) is 0.903. The van der Waals surface area contributed by atoms with Gasteiger partial charge >= 0.3 is 17.9 Å². The lowest BCUT2D eigenvalue weighted by Crippen LogP contribution is -2.50. The van der Waals surface area contributed by atoms with E-state index in [0.29, 0.717) is 32.0 Å². The molecule has 0 bridgehead atoms. The minimum Gasteiger partial charge on any atom is -0.480 e. The van der Waals surface area contributed by atoms with Gasteiger partial charge in [-0.2, -0.15) is 0 Å². The Morgan fingerprint density at radius 1 is 0.618 bits per heavy atom. The summed E-state index contributed by atoms with van der Waals surface area (Å²) >= 11 is 0. The molecule has 0 saturated carbocycles. The van der Waals surface area contributed by atoms with Crippen molar-refractivity contribution in [3.63, 3.8) is 0 Å². The number of carbonyl (C=O) groups is 6. The number of carbonyl (C=O) groups excluding carboxylic acids is 3. The number of aliphatic carboxylic acids is 3. The van der Waals surface area contributed by atoms with Crippen molar-refractivity contribution in [1.82, 2.24) is 35.6 Å². The number of carboxylic acids is 3. The molecule has 1 aliphatic heterocycles. The number of unbranched alkanes of at least 4 members (excludes halogenated alkanes) is 1. The van der Waals surface area contributed by atoms with Crippen molar-refractivity contribution < 1.29 is 44.1 Å². The number of hydrogen-bond acceptors (Lipinski definition) is 10. The maximum Gasteiger partial charge on any atom is 0.317 e. The first-order valence-corrected chi connectivity index (χ1v) is 19.1. The number of amides is 3. The summed E-state index contributed by atoms with van der Waals surface area (Å²) in [6.07, 6.45) is 3.13. The molecule has 1 aliphatic rings. The van der Waals surface area contributed by atoms with Crippen molar-refractivity contribution >= 4 is 46.4 Å². The summed E-state index contributed by atoms with van der Waals surface area (Å²) in [6, 6.07) is 13.1. The average Bonchev–Trinajstić information content (AvgIpc) is 3.11. The van der Waals surface area contributed by atoms with Crippen molar-refractivity contribution in [2.75, 3.05) is 91.6 Å². The van der Waals surface area contributed by atoms with Gasteiger partial charge in [0.25, 0.3) is 0 Å². The molecular weight excluding hydrogens is 710 g/mol. The first kappa shape index (κ1) is 44.8. The SMILES string of the molecule is CC(C)CCCCNC(=O)[C@@H](Cc1ccc2ccccc2c1)NC(=O)CCNC(=O)CN1CCN(CC(=O)O)CCN(CC(=O)O)CCN(CC(=O)O)CC1. The molecule has 0 aliphatic carbocycles. The van der Waals surface area contributed by atoms with Crippen LogP contribution in [0.1, 0.15) is 45.1 Å². The molecule has 0 radical (unpaired) electrons. The van der Waals surface area contributed by atoms with E-state index in [9.17, 15) is 44.1 Å². The highest BCUT2D eigenvalue weighted by Gasteiger charge is 2.23. The van der Waals surface area contributed by atoms with Crippen molar-refractivity contribution in [2.24, 2.45) is 5.92 Å². The quantitative estimate of drug-likeness (QED) is 0.103. The zero-order chi connectivity index (χ0) is 40.2. The van der Waals surface area contributed by atoms with Crippen LogP contribution in [0.4, 0.5) is 0 Å². The highest BCUT2D eigenvalue weighted by Crippen LogP contribution is 2.17. The van der Waals surface area contributed by atoms with Crippen molar-refractivity contribution in [1.29, 1.82) is 0 Å². The Hall–Kier alpha value is -4.64. The molecule has 2 aromatic carbocycles. The van der Waals surface area contributed by atoms with Crippen LogP contribution in [-0.4, -0.2) is 168 Å². The number of hydrogen-bond donors (Lipinski definition) is 6. The zero-order valence-electron chi connectivity index (χ0n) is 32.2. The van der Waals surface area contributed by atoms with Crippen LogP contribution in [0, 0.1) is 5.92 Å². The molecule has 55 heavy (non-hydrogen) atoms. The molecule has 1 saturated heterocycles. The first-order chi connectivity index (χ1) is 26.3. The largest absolute Gasteiger partial charge is 0.480 e. The molecule has 304 valence electrons. The third-order valence-corrected chi connectivity index (χ3v) is 9.46. The molecule has 3 amide bonds. The van der Waals surface area contributed by atoms with Gasteiger partial charge in [0, 0.05) is 78.3 Å².